The van der Waals surface area contributed by atoms with Gasteiger partial charge in [0.1, 0.15) is 0 Å². The molecular weight excluding hydrogens is 282 g/mol. The second-order valence-corrected chi connectivity index (χ2v) is 5.50. The summed E-state index contributed by atoms with van der Waals surface area (Å²) in [7, 11) is 1.70. The van der Waals surface area contributed by atoms with E-state index in [-0.39, 0.29) is 5.91 Å². The lowest BCUT2D eigenvalue weighted by molar-refractivity contribution is -0.132. The van der Waals surface area contributed by atoms with Crippen molar-refractivity contribution in [1.82, 2.24) is 4.90 Å². The van der Waals surface area contributed by atoms with E-state index in [2.05, 4.69) is 0 Å². The second-order valence-electron chi connectivity index (χ2n) is 5.50. The number of allylic oxidation sites excluding steroid dienone is 3. The van der Waals surface area contributed by atoms with Crippen molar-refractivity contribution in [3.8, 4) is 0 Å². The minimum Gasteiger partial charge on any atom is -0.478 e. The van der Waals surface area contributed by atoms with Gasteiger partial charge in [0.05, 0.1) is 6.10 Å². The van der Waals surface area contributed by atoms with Crippen LogP contribution < -0.4 is 0 Å². The molecule has 0 aromatic rings. The molecule has 0 bridgehead atoms. The maximum atomic E-state index is 12.1. The molecule has 22 heavy (non-hydrogen) atoms. The molecular formula is C17H25NO4. The van der Waals surface area contributed by atoms with Crippen LogP contribution in [-0.2, 0) is 14.3 Å². The van der Waals surface area contributed by atoms with E-state index >= 15 is 0 Å². The number of nitrogens with zero attached hydrogens (tertiary/aromatic N) is 1. The molecule has 0 aromatic carbocycles. The first-order valence-electron chi connectivity index (χ1n) is 7.58. The van der Waals surface area contributed by atoms with Crippen LogP contribution in [0.2, 0.25) is 0 Å². The Bertz CT molecular complexity index is 483. The number of ether oxygens (including phenoxy) is 1. The normalized spacial score (nSPS) is 17.4. The molecule has 0 atom stereocenters. The fourth-order valence-corrected chi connectivity index (χ4v) is 2.04. The first-order chi connectivity index (χ1) is 10.5. The molecule has 122 valence electrons. The SMILES string of the molecule is COC(C)C.O=C(O)C1=CC=CC(C(=O)N2CCCC2)=CC1. The number of rotatable bonds is 3. The molecule has 1 saturated heterocycles. The van der Waals surface area contributed by atoms with Gasteiger partial charge in [0.15, 0.2) is 0 Å². The van der Waals surface area contributed by atoms with E-state index in [4.69, 9.17) is 9.84 Å². The zero-order valence-corrected chi connectivity index (χ0v) is 13.5. The highest BCUT2D eigenvalue weighted by Gasteiger charge is 2.20. The van der Waals surface area contributed by atoms with Crippen LogP contribution in [0.3, 0.4) is 0 Å². The number of carbonyl (C=O) groups is 2. The van der Waals surface area contributed by atoms with E-state index < -0.39 is 5.97 Å². The van der Waals surface area contributed by atoms with Gasteiger partial charge in [-0.15, -0.1) is 0 Å². The summed E-state index contributed by atoms with van der Waals surface area (Å²) in [6.45, 7) is 5.62. The molecule has 1 N–H and O–H groups in total. The second kappa shape index (κ2) is 9.20. The summed E-state index contributed by atoms with van der Waals surface area (Å²) >= 11 is 0. The molecule has 5 heteroatoms. The smallest absolute Gasteiger partial charge is 0.331 e. The van der Waals surface area contributed by atoms with Gasteiger partial charge in [-0.2, -0.15) is 0 Å². The Morgan fingerprint density at radius 1 is 1.27 bits per heavy atom. The predicted molar refractivity (Wildman–Crippen MR) is 85.5 cm³/mol. The Kier molecular flexibility index (Phi) is 7.60. The predicted octanol–water partition coefficient (Wildman–Crippen LogP) is 2.55. The van der Waals surface area contributed by atoms with Gasteiger partial charge in [-0.1, -0.05) is 18.2 Å². The van der Waals surface area contributed by atoms with E-state index in [0.717, 1.165) is 25.9 Å². The number of carboxylic acid groups (broad SMARTS) is 1. The van der Waals surface area contributed by atoms with Crippen molar-refractivity contribution < 1.29 is 19.4 Å². The highest BCUT2D eigenvalue weighted by Crippen LogP contribution is 2.17. The van der Waals surface area contributed by atoms with E-state index in [9.17, 15) is 9.59 Å². The Morgan fingerprint density at radius 3 is 2.36 bits per heavy atom. The molecule has 1 heterocycles. The van der Waals surface area contributed by atoms with E-state index in [1.54, 1.807) is 31.4 Å². The lowest BCUT2D eigenvalue weighted by Crippen LogP contribution is -2.28. The topological polar surface area (TPSA) is 66.8 Å². The maximum Gasteiger partial charge on any atom is 0.331 e. The largest absolute Gasteiger partial charge is 0.478 e. The minimum absolute atomic E-state index is 0.0128. The molecule has 0 spiro atoms. The summed E-state index contributed by atoms with van der Waals surface area (Å²) in [5, 5.41) is 8.87. The number of carboxylic acids is 1. The average molecular weight is 307 g/mol. The summed E-state index contributed by atoms with van der Waals surface area (Å²) in [5.41, 5.74) is 0.907. The van der Waals surface area contributed by atoms with Gasteiger partial charge in [-0.25, -0.2) is 4.79 Å². The lowest BCUT2D eigenvalue weighted by atomic mass is 10.1. The van der Waals surface area contributed by atoms with Crippen molar-refractivity contribution in [3.63, 3.8) is 0 Å². The quantitative estimate of drug-likeness (QED) is 0.870. The van der Waals surface area contributed by atoms with Gasteiger partial charge >= 0.3 is 5.97 Å². The zero-order valence-electron chi connectivity index (χ0n) is 13.5. The number of carbonyl (C=O) groups excluding carboxylic acids is 1. The van der Waals surface area contributed by atoms with Crippen LogP contribution in [0.25, 0.3) is 0 Å². The van der Waals surface area contributed by atoms with E-state index in [0.29, 0.717) is 23.7 Å². The molecule has 0 aromatic heterocycles. The zero-order chi connectivity index (χ0) is 16.5. The Labute approximate surface area is 131 Å². The summed E-state index contributed by atoms with van der Waals surface area (Å²) in [4.78, 5) is 24.7. The number of methoxy groups -OCH3 is 1. The summed E-state index contributed by atoms with van der Waals surface area (Å²) in [6, 6.07) is 0. The van der Waals surface area contributed by atoms with Crippen LogP contribution >= 0.6 is 0 Å². The molecule has 2 rings (SSSR count). The third-order valence-electron chi connectivity index (χ3n) is 3.50. The molecule has 1 fully saturated rings. The number of hydrogen-bond acceptors (Lipinski definition) is 3. The van der Waals surface area contributed by atoms with Crippen molar-refractivity contribution in [2.45, 2.75) is 39.2 Å². The molecule has 5 nitrogen and oxygen atoms in total. The molecule has 0 saturated carbocycles. The minimum atomic E-state index is -0.930. The Morgan fingerprint density at radius 2 is 1.86 bits per heavy atom. The van der Waals surface area contributed by atoms with Crippen LogP contribution in [0, 0.1) is 0 Å². The monoisotopic (exact) mass is 307 g/mol. The van der Waals surface area contributed by atoms with Gasteiger partial charge in [-0.05, 0) is 39.2 Å². The standard InChI is InChI=1S/C13H15NO3.C4H10O/c15-12(14-8-1-2-9-14)10-4-3-5-11(7-6-10)13(16)17;1-4(2)5-3/h3-6H,1-2,7-9H2,(H,16,17);4H,1-3H3. The van der Waals surface area contributed by atoms with Crippen LogP contribution in [0.15, 0.2) is 35.5 Å². The Hall–Kier alpha value is -1.88. The summed E-state index contributed by atoms with van der Waals surface area (Å²) in [6.07, 6.45) is 9.37. The highest BCUT2D eigenvalue weighted by molar-refractivity contribution is 5.97. The highest BCUT2D eigenvalue weighted by atomic mass is 16.5. The van der Waals surface area contributed by atoms with Crippen molar-refractivity contribution in [3.05, 3.63) is 35.5 Å². The molecule has 1 aliphatic carbocycles. The first-order valence-corrected chi connectivity index (χ1v) is 7.58. The van der Waals surface area contributed by atoms with Crippen LogP contribution in [-0.4, -0.2) is 48.2 Å². The third-order valence-corrected chi connectivity index (χ3v) is 3.50. The number of hydrogen-bond donors (Lipinski definition) is 1. The number of amides is 1. The van der Waals surface area contributed by atoms with Crippen LogP contribution in [0.5, 0.6) is 0 Å². The molecule has 2 aliphatic rings. The maximum absolute atomic E-state index is 12.1. The summed E-state index contributed by atoms with van der Waals surface area (Å²) in [5.74, 6) is -0.917. The molecule has 1 amide bonds. The number of aliphatic carboxylic acids is 1. The summed E-state index contributed by atoms with van der Waals surface area (Å²) < 4.78 is 4.75. The lowest BCUT2D eigenvalue weighted by Gasteiger charge is -2.15. The van der Waals surface area contributed by atoms with Gasteiger partial charge < -0.3 is 14.7 Å². The van der Waals surface area contributed by atoms with Gasteiger partial charge in [-0.3, -0.25) is 4.79 Å². The van der Waals surface area contributed by atoms with Gasteiger partial charge in [0, 0.05) is 31.3 Å². The third kappa shape index (κ3) is 5.85. The van der Waals surface area contributed by atoms with E-state index in [1.165, 1.54) is 0 Å². The first kappa shape index (κ1) is 18.2. The van der Waals surface area contributed by atoms with Gasteiger partial charge in [0.2, 0.25) is 0 Å². The fraction of sp³-hybridized carbons (Fsp3) is 0.529. The fourth-order valence-electron chi connectivity index (χ4n) is 2.04. The molecule has 0 radical (unpaired) electrons. The molecule has 0 unspecified atom stereocenters. The van der Waals surface area contributed by atoms with Crippen molar-refractivity contribution >= 4 is 11.9 Å². The average Bonchev–Trinajstić information content (AvgIpc) is 2.91. The van der Waals surface area contributed by atoms with Crippen LogP contribution in [0.4, 0.5) is 0 Å². The van der Waals surface area contributed by atoms with Crippen molar-refractivity contribution in [2.75, 3.05) is 20.2 Å². The Balaban J connectivity index is 0.000000422. The van der Waals surface area contributed by atoms with Crippen LogP contribution in [0.1, 0.15) is 33.1 Å². The van der Waals surface area contributed by atoms with Crippen molar-refractivity contribution in [2.24, 2.45) is 0 Å². The van der Waals surface area contributed by atoms with E-state index in [1.807, 2.05) is 18.7 Å². The van der Waals surface area contributed by atoms with Gasteiger partial charge in [0.25, 0.3) is 5.91 Å². The molecule has 1 aliphatic heterocycles. The van der Waals surface area contributed by atoms with Crippen molar-refractivity contribution in [1.29, 1.82) is 0 Å². The number of likely N-dealkylation sites (tertiary alicyclic amines) is 1.